The van der Waals surface area contributed by atoms with Crippen LogP contribution in [0.15, 0.2) is 24.4 Å². The van der Waals surface area contributed by atoms with Crippen LogP contribution in [0.4, 0.5) is 24.7 Å². The van der Waals surface area contributed by atoms with Gasteiger partial charge in [-0.3, -0.25) is 14.9 Å². The number of halogens is 4. The lowest BCUT2D eigenvalue weighted by atomic mass is 10.2. The van der Waals surface area contributed by atoms with Gasteiger partial charge in [-0.15, -0.1) is 0 Å². The first-order valence-electron chi connectivity index (χ1n) is 6.54. The van der Waals surface area contributed by atoms with Crippen molar-refractivity contribution < 1.29 is 22.9 Å². The van der Waals surface area contributed by atoms with Gasteiger partial charge in [-0.1, -0.05) is 18.5 Å². The van der Waals surface area contributed by atoms with Gasteiger partial charge in [-0.2, -0.15) is 18.3 Å². The third-order valence-electron chi connectivity index (χ3n) is 3.03. The molecule has 0 atom stereocenters. The molecule has 128 valence electrons. The molecule has 0 unspecified atom stereocenters. The summed E-state index contributed by atoms with van der Waals surface area (Å²) in [6, 6.07) is 2.46. The minimum atomic E-state index is -4.59. The topological polar surface area (TPSA) is 90.1 Å². The molecule has 1 aromatic heterocycles. The molecule has 0 saturated carbocycles. The Kier molecular flexibility index (Phi) is 4.78. The van der Waals surface area contributed by atoms with Crippen molar-refractivity contribution in [3.8, 4) is 5.69 Å². The molecule has 0 aliphatic heterocycles. The Morgan fingerprint density at radius 1 is 1.46 bits per heavy atom. The van der Waals surface area contributed by atoms with Crippen LogP contribution in [0, 0.1) is 10.1 Å². The molecule has 11 heteroatoms. The van der Waals surface area contributed by atoms with Gasteiger partial charge in [0, 0.05) is 6.42 Å². The zero-order valence-electron chi connectivity index (χ0n) is 12.1. The number of carbonyl (C=O) groups excluding carboxylic acids is 1. The average molecular weight is 363 g/mol. The third-order valence-corrected chi connectivity index (χ3v) is 3.33. The van der Waals surface area contributed by atoms with E-state index in [0.29, 0.717) is 6.07 Å². The van der Waals surface area contributed by atoms with Gasteiger partial charge < -0.3 is 5.32 Å². The summed E-state index contributed by atoms with van der Waals surface area (Å²) >= 11 is 5.86. The van der Waals surface area contributed by atoms with Crippen LogP contribution in [-0.2, 0) is 11.0 Å². The molecule has 0 bridgehead atoms. The number of benzene rings is 1. The van der Waals surface area contributed by atoms with Crippen molar-refractivity contribution in [1.29, 1.82) is 0 Å². The van der Waals surface area contributed by atoms with Gasteiger partial charge in [-0.05, 0) is 18.2 Å². The number of rotatable bonds is 4. The molecular formula is C13H10ClF3N4O3. The predicted molar refractivity (Wildman–Crippen MR) is 79.2 cm³/mol. The van der Waals surface area contributed by atoms with Crippen LogP contribution in [0.2, 0.25) is 5.02 Å². The zero-order chi connectivity index (χ0) is 18.1. The number of nitrogens with one attached hydrogen (secondary N) is 1. The molecular weight excluding hydrogens is 353 g/mol. The highest BCUT2D eigenvalue weighted by molar-refractivity contribution is 6.32. The summed E-state index contributed by atoms with van der Waals surface area (Å²) in [6.45, 7) is 1.53. The van der Waals surface area contributed by atoms with E-state index in [1.165, 1.54) is 6.92 Å². The summed E-state index contributed by atoms with van der Waals surface area (Å²) in [5.74, 6) is -0.809. The minimum Gasteiger partial charge on any atom is -0.305 e. The molecule has 0 aliphatic carbocycles. The number of amides is 1. The number of anilines is 1. The third kappa shape index (κ3) is 3.48. The van der Waals surface area contributed by atoms with Crippen LogP contribution in [0.5, 0.6) is 0 Å². The van der Waals surface area contributed by atoms with Crippen molar-refractivity contribution in [1.82, 2.24) is 9.78 Å². The van der Waals surface area contributed by atoms with E-state index in [9.17, 15) is 28.1 Å². The van der Waals surface area contributed by atoms with E-state index in [2.05, 4.69) is 10.4 Å². The number of hydrogen-bond donors (Lipinski definition) is 1. The monoisotopic (exact) mass is 362 g/mol. The maximum Gasteiger partial charge on any atom is 0.416 e. The number of alkyl halides is 3. The fourth-order valence-electron chi connectivity index (χ4n) is 1.85. The zero-order valence-corrected chi connectivity index (χ0v) is 12.9. The molecule has 0 aliphatic rings. The maximum absolute atomic E-state index is 12.7. The number of nitrogens with zero attached hydrogens (tertiary/aromatic N) is 3. The maximum atomic E-state index is 12.7. The van der Waals surface area contributed by atoms with E-state index in [0.717, 1.165) is 23.0 Å². The van der Waals surface area contributed by atoms with E-state index >= 15 is 0 Å². The molecule has 1 aromatic carbocycles. The molecule has 2 rings (SSSR count). The van der Waals surface area contributed by atoms with Gasteiger partial charge in [0.15, 0.2) is 0 Å². The highest BCUT2D eigenvalue weighted by Crippen LogP contribution is 2.35. The van der Waals surface area contributed by atoms with Gasteiger partial charge in [0.1, 0.15) is 6.20 Å². The first-order valence-corrected chi connectivity index (χ1v) is 6.92. The number of carbonyl (C=O) groups is 1. The Morgan fingerprint density at radius 2 is 2.12 bits per heavy atom. The highest BCUT2D eigenvalue weighted by atomic mass is 35.5. The van der Waals surface area contributed by atoms with Gasteiger partial charge in [0.25, 0.3) is 0 Å². The number of aromatic nitrogens is 2. The number of nitro groups is 1. The first-order chi connectivity index (χ1) is 11.1. The Balaban J connectivity index is 2.56. The van der Waals surface area contributed by atoms with Crippen molar-refractivity contribution in [3.05, 3.63) is 45.1 Å². The fourth-order valence-corrected chi connectivity index (χ4v) is 2.11. The standard InChI is InChI=1S/C13H10ClF3N4O3/c1-2-11(22)19-12-10(21(23)24)6-18-20(12)9-4-3-7(5-8(9)14)13(15,16)17/h3-6H,2H2,1H3,(H,19,22). The summed E-state index contributed by atoms with van der Waals surface area (Å²) < 4.78 is 39.0. The smallest absolute Gasteiger partial charge is 0.305 e. The van der Waals surface area contributed by atoms with E-state index in [1.54, 1.807) is 0 Å². The molecule has 0 fully saturated rings. The highest BCUT2D eigenvalue weighted by Gasteiger charge is 2.31. The molecule has 1 heterocycles. The van der Waals surface area contributed by atoms with Crippen molar-refractivity contribution in [2.24, 2.45) is 0 Å². The van der Waals surface area contributed by atoms with Crippen molar-refractivity contribution in [2.75, 3.05) is 5.32 Å². The van der Waals surface area contributed by atoms with E-state index < -0.39 is 28.3 Å². The lowest BCUT2D eigenvalue weighted by molar-refractivity contribution is -0.384. The van der Waals surface area contributed by atoms with Crippen molar-refractivity contribution >= 4 is 29.0 Å². The molecule has 7 nitrogen and oxygen atoms in total. The predicted octanol–water partition coefficient (Wildman–Crippen LogP) is 3.80. The Morgan fingerprint density at radius 3 is 2.62 bits per heavy atom. The average Bonchev–Trinajstić information content (AvgIpc) is 2.89. The molecule has 24 heavy (non-hydrogen) atoms. The molecule has 2 aromatic rings. The normalized spacial score (nSPS) is 11.4. The van der Waals surface area contributed by atoms with Crippen LogP contribution in [0.25, 0.3) is 5.69 Å². The Bertz CT molecular complexity index is 804. The van der Waals surface area contributed by atoms with E-state index in [4.69, 9.17) is 11.6 Å². The van der Waals surface area contributed by atoms with Gasteiger partial charge in [0.2, 0.25) is 11.7 Å². The second-order valence-electron chi connectivity index (χ2n) is 4.61. The second kappa shape index (κ2) is 6.48. The quantitative estimate of drug-likeness (QED) is 0.661. The van der Waals surface area contributed by atoms with Gasteiger partial charge in [0.05, 0.1) is 21.2 Å². The summed E-state index contributed by atoms with van der Waals surface area (Å²) in [4.78, 5) is 21.8. The molecule has 0 radical (unpaired) electrons. The first kappa shape index (κ1) is 17.7. The van der Waals surface area contributed by atoms with Crippen LogP contribution < -0.4 is 5.32 Å². The van der Waals surface area contributed by atoms with Gasteiger partial charge in [-0.25, -0.2) is 4.68 Å². The second-order valence-corrected chi connectivity index (χ2v) is 5.02. The molecule has 1 amide bonds. The van der Waals surface area contributed by atoms with Gasteiger partial charge >= 0.3 is 11.9 Å². The van der Waals surface area contributed by atoms with Crippen molar-refractivity contribution in [3.63, 3.8) is 0 Å². The summed E-state index contributed by atoms with van der Waals surface area (Å²) in [5, 5.41) is 16.7. The lowest BCUT2D eigenvalue weighted by Gasteiger charge is -2.12. The lowest BCUT2D eigenvalue weighted by Crippen LogP contribution is -2.15. The summed E-state index contributed by atoms with van der Waals surface area (Å²) in [6.07, 6.45) is -3.67. The van der Waals surface area contributed by atoms with E-state index in [-0.39, 0.29) is 22.9 Å². The van der Waals surface area contributed by atoms with E-state index in [1.807, 2.05) is 0 Å². The Labute approximate surface area is 138 Å². The van der Waals surface area contributed by atoms with Crippen LogP contribution in [0.1, 0.15) is 18.9 Å². The largest absolute Gasteiger partial charge is 0.416 e. The summed E-state index contributed by atoms with van der Waals surface area (Å²) in [7, 11) is 0. The molecule has 1 N–H and O–H groups in total. The molecule has 0 saturated heterocycles. The molecule has 0 spiro atoms. The van der Waals surface area contributed by atoms with Crippen LogP contribution in [-0.4, -0.2) is 20.6 Å². The Hall–Kier alpha value is -2.62. The van der Waals surface area contributed by atoms with Crippen LogP contribution >= 0.6 is 11.6 Å². The summed E-state index contributed by atoms with van der Waals surface area (Å²) in [5.41, 5.74) is -1.52. The number of hydrogen-bond acceptors (Lipinski definition) is 4. The SMILES string of the molecule is CCC(=O)Nc1c([N+](=O)[O-])cnn1-c1ccc(C(F)(F)F)cc1Cl. The fraction of sp³-hybridized carbons (Fsp3) is 0.231. The van der Waals surface area contributed by atoms with Crippen molar-refractivity contribution in [2.45, 2.75) is 19.5 Å². The minimum absolute atomic E-state index is 0.0378. The van der Waals surface area contributed by atoms with Crippen LogP contribution in [0.3, 0.4) is 0 Å².